The van der Waals surface area contributed by atoms with Crippen LogP contribution < -0.4 is 0 Å². The molecule has 7 nitrogen and oxygen atoms in total. The molecule has 7 heteroatoms. The molecule has 0 aliphatic carbocycles. The van der Waals surface area contributed by atoms with Crippen molar-refractivity contribution < 1.29 is 4.42 Å². The Labute approximate surface area is 263 Å². The van der Waals surface area contributed by atoms with Crippen LogP contribution in [-0.2, 0) is 0 Å². The summed E-state index contributed by atoms with van der Waals surface area (Å²) in [5.74, 6) is 1.26. The lowest BCUT2D eigenvalue weighted by molar-refractivity contribution is 0.623. The highest BCUT2D eigenvalue weighted by molar-refractivity contribution is 6.19. The van der Waals surface area contributed by atoms with Gasteiger partial charge in [-0.3, -0.25) is 9.97 Å². The number of oxazole rings is 1. The lowest BCUT2D eigenvalue weighted by atomic mass is 10.1. The number of fused-ring (bicyclic) bond motifs is 5. The Hall–Kier alpha value is -6.47. The van der Waals surface area contributed by atoms with Crippen molar-refractivity contribution in [2.45, 2.75) is 0 Å². The Morgan fingerprint density at radius 1 is 0.500 bits per heavy atom. The molecule has 5 heterocycles. The molecule has 0 saturated carbocycles. The Bertz CT molecular complexity index is 2450. The molecule has 0 radical (unpaired) electrons. The highest BCUT2D eigenvalue weighted by Crippen LogP contribution is 2.38. The molecule has 0 amide bonds. The van der Waals surface area contributed by atoms with Gasteiger partial charge in [-0.2, -0.15) is 0 Å². The number of hydrogen-bond donors (Lipinski definition) is 0. The SMILES string of the molecule is c1ccc(-c2nc3ccc4c(c5ccccc5n4-c4ccc(-c5nc(-c6ccncc6)cc(-c6ccncc6)n5)cc4)c3o2)cc1. The van der Waals surface area contributed by atoms with Crippen LogP contribution in [0.3, 0.4) is 0 Å². The normalized spacial score (nSPS) is 11.5. The average molecular weight is 593 g/mol. The molecule has 0 spiro atoms. The first-order chi connectivity index (χ1) is 22.8. The van der Waals surface area contributed by atoms with E-state index in [9.17, 15) is 0 Å². The van der Waals surface area contributed by atoms with Crippen molar-refractivity contribution in [3.63, 3.8) is 0 Å². The third-order valence-electron chi connectivity index (χ3n) is 8.27. The zero-order chi connectivity index (χ0) is 30.5. The molecule has 0 fully saturated rings. The minimum absolute atomic E-state index is 0.615. The van der Waals surface area contributed by atoms with Gasteiger partial charge in [-0.05, 0) is 84.9 Å². The summed E-state index contributed by atoms with van der Waals surface area (Å²) in [4.78, 5) is 23.1. The van der Waals surface area contributed by atoms with Gasteiger partial charge in [0.05, 0.1) is 27.8 Å². The van der Waals surface area contributed by atoms with Gasteiger partial charge in [-0.15, -0.1) is 0 Å². The Morgan fingerprint density at radius 2 is 1.15 bits per heavy atom. The van der Waals surface area contributed by atoms with Crippen molar-refractivity contribution in [3.8, 4) is 51.0 Å². The van der Waals surface area contributed by atoms with Crippen molar-refractivity contribution in [1.82, 2.24) is 29.5 Å². The van der Waals surface area contributed by atoms with Crippen LogP contribution in [0.1, 0.15) is 0 Å². The number of hydrogen-bond acceptors (Lipinski definition) is 6. The van der Waals surface area contributed by atoms with Crippen molar-refractivity contribution in [2.24, 2.45) is 0 Å². The zero-order valence-corrected chi connectivity index (χ0v) is 24.4. The first-order valence-corrected chi connectivity index (χ1v) is 15.0. The second-order valence-electron chi connectivity index (χ2n) is 11.0. The molecule has 0 bridgehead atoms. The van der Waals surface area contributed by atoms with Crippen molar-refractivity contribution in [1.29, 1.82) is 0 Å². The fraction of sp³-hybridized carbons (Fsp3) is 0. The average Bonchev–Trinajstić information content (AvgIpc) is 3.72. The minimum atomic E-state index is 0.615. The predicted octanol–water partition coefficient (Wildman–Crippen LogP) is 9.17. The lowest BCUT2D eigenvalue weighted by Gasteiger charge is -2.11. The van der Waals surface area contributed by atoms with Gasteiger partial charge in [0.25, 0.3) is 0 Å². The van der Waals surface area contributed by atoms with Crippen molar-refractivity contribution in [3.05, 3.63) is 146 Å². The first-order valence-electron chi connectivity index (χ1n) is 15.0. The second kappa shape index (κ2) is 10.6. The van der Waals surface area contributed by atoms with Crippen molar-refractivity contribution in [2.75, 3.05) is 0 Å². The minimum Gasteiger partial charge on any atom is -0.435 e. The van der Waals surface area contributed by atoms with E-state index in [4.69, 9.17) is 19.4 Å². The Kier molecular flexibility index (Phi) is 5.99. The van der Waals surface area contributed by atoms with Crippen LogP contribution in [0, 0.1) is 0 Å². The molecule has 0 aliphatic rings. The standard InChI is InChI=1S/C39H24N6O/c1-2-6-28(7-3-1)39-44-31-14-15-35-36(37(31)46-39)30-8-4-5-9-34(30)45(35)29-12-10-27(11-13-29)38-42-32(25-16-20-40-21-17-25)24-33(43-38)26-18-22-41-23-19-26/h1-24H. The molecule has 216 valence electrons. The van der Waals surface area contributed by atoms with Gasteiger partial charge in [0.15, 0.2) is 11.4 Å². The third kappa shape index (κ3) is 4.33. The van der Waals surface area contributed by atoms with Crippen LogP contribution in [0.2, 0.25) is 0 Å². The van der Waals surface area contributed by atoms with Gasteiger partial charge in [0.1, 0.15) is 5.52 Å². The van der Waals surface area contributed by atoms with Crippen LogP contribution in [0.5, 0.6) is 0 Å². The summed E-state index contributed by atoms with van der Waals surface area (Å²) in [6, 6.07) is 40.9. The number of para-hydroxylation sites is 1. The maximum Gasteiger partial charge on any atom is 0.227 e. The van der Waals surface area contributed by atoms with Gasteiger partial charge in [0, 0.05) is 58.1 Å². The summed E-state index contributed by atoms with van der Waals surface area (Å²) in [7, 11) is 0. The Balaban J connectivity index is 1.18. The van der Waals surface area contributed by atoms with Crippen LogP contribution in [0.4, 0.5) is 0 Å². The number of rotatable bonds is 5. The molecular formula is C39H24N6O. The molecule has 0 aliphatic heterocycles. The molecule has 0 N–H and O–H groups in total. The highest BCUT2D eigenvalue weighted by atomic mass is 16.3. The number of nitrogens with zero attached hydrogens (tertiary/aromatic N) is 6. The summed E-state index contributed by atoms with van der Waals surface area (Å²) in [5.41, 5.74) is 10.3. The maximum absolute atomic E-state index is 6.45. The maximum atomic E-state index is 6.45. The molecule has 0 unspecified atom stereocenters. The van der Waals surface area contributed by atoms with Crippen LogP contribution in [0.25, 0.3) is 83.9 Å². The third-order valence-corrected chi connectivity index (χ3v) is 8.27. The smallest absolute Gasteiger partial charge is 0.227 e. The van der Waals surface area contributed by atoms with E-state index < -0.39 is 0 Å². The van der Waals surface area contributed by atoms with Gasteiger partial charge < -0.3 is 8.98 Å². The van der Waals surface area contributed by atoms with Gasteiger partial charge in [-0.1, -0.05) is 36.4 Å². The number of aromatic nitrogens is 6. The summed E-state index contributed by atoms with van der Waals surface area (Å²) in [5, 5.41) is 2.15. The monoisotopic (exact) mass is 592 g/mol. The van der Waals surface area contributed by atoms with E-state index in [1.807, 2.05) is 66.7 Å². The van der Waals surface area contributed by atoms with E-state index in [0.29, 0.717) is 11.7 Å². The Morgan fingerprint density at radius 3 is 1.85 bits per heavy atom. The van der Waals surface area contributed by atoms with E-state index in [1.54, 1.807) is 24.8 Å². The van der Waals surface area contributed by atoms with Crippen LogP contribution in [0.15, 0.2) is 151 Å². The fourth-order valence-corrected chi connectivity index (χ4v) is 6.10. The summed E-state index contributed by atoms with van der Waals surface area (Å²) in [6.07, 6.45) is 7.11. The van der Waals surface area contributed by atoms with E-state index in [2.05, 4.69) is 69.1 Å². The summed E-state index contributed by atoms with van der Waals surface area (Å²) >= 11 is 0. The van der Waals surface area contributed by atoms with Gasteiger partial charge >= 0.3 is 0 Å². The summed E-state index contributed by atoms with van der Waals surface area (Å²) < 4.78 is 8.72. The number of benzene rings is 4. The second-order valence-corrected chi connectivity index (χ2v) is 11.0. The van der Waals surface area contributed by atoms with E-state index in [0.717, 1.165) is 72.2 Å². The van der Waals surface area contributed by atoms with Gasteiger partial charge in [0.2, 0.25) is 5.89 Å². The van der Waals surface area contributed by atoms with E-state index in [1.165, 1.54) is 0 Å². The molecular weight excluding hydrogens is 568 g/mol. The lowest BCUT2D eigenvalue weighted by Crippen LogP contribution is -1.97. The zero-order valence-electron chi connectivity index (χ0n) is 24.4. The topological polar surface area (TPSA) is 82.5 Å². The molecule has 9 rings (SSSR count). The first kappa shape index (κ1) is 26.0. The molecule has 4 aromatic carbocycles. The van der Waals surface area contributed by atoms with Crippen LogP contribution >= 0.6 is 0 Å². The van der Waals surface area contributed by atoms with Gasteiger partial charge in [-0.25, -0.2) is 15.0 Å². The molecule has 9 aromatic rings. The largest absolute Gasteiger partial charge is 0.435 e. The summed E-state index contributed by atoms with van der Waals surface area (Å²) in [6.45, 7) is 0. The predicted molar refractivity (Wildman–Crippen MR) is 181 cm³/mol. The molecule has 0 saturated heterocycles. The van der Waals surface area contributed by atoms with Crippen LogP contribution in [-0.4, -0.2) is 29.5 Å². The number of pyridine rings is 2. The quantitative estimate of drug-likeness (QED) is 0.198. The fourth-order valence-electron chi connectivity index (χ4n) is 6.10. The van der Waals surface area contributed by atoms with Crippen molar-refractivity contribution >= 4 is 32.9 Å². The van der Waals surface area contributed by atoms with E-state index in [-0.39, 0.29) is 0 Å². The molecule has 46 heavy (non-hydrogen) atoms. The molecule has 5 aromatic heterocycles. The van der Waals surface area contributed by atoms with E-state index >= 15 is 0 Å². The highest BCUT2D eigenvalue weighted by Gasteiger charge is 2.19. The molecule has 0 atom stereocenters.